The average molecular weight is 367 g/mol. The number of likely N-dealkylation sites (tertiary alicyclic amines) is 1. The first-order chi connectivity index (χ1) is 12.9. The second kappa shape index (κ2) is 6.94. The number of hydrogen-bond acceptors (Lipinski definition) is 5. The van der Waals surface area contributed by atoms with E-state index in [1.165, 1.54) is 5.56 Å². The fourth-order valence-corrected chi connectivity index (χ4v) is 3.86. The van der Waals surface area contributed by atoms with Gasteiger partial charge in [0, 0.05) is 43.5 Å². The molecule has 1 fully saturated rings. The molecule has 1 N–H and O–H groups in total. The fraction of sp³-hybridized carbons (Fsp3) is 0.429. The number of aryl methyl sites for hydroxylation is 2. The number of fused-ring (bicyclic) bond motifs is 1. The highest BCUT2D eigenvalue weighted by Crippen LogP contribution is 2.27. The zero-order chi connectivity index (χ0) is 19.0. The van der Waals surface area contributed by atoms with Gasteiger partial charge in [-0.05, 0) is 55.5 Å². The summed E-state index contributed by atoms with van der Waals surface area (Å²) in [6.07, 6.45) is 6.74. The minimum atomic E-state index is -0.706. The average Bonchev–Trinajstić information content (AvgIpc) is 3.11. The normalized spacial score (nSPS) is 17.4. The molecule has 6 heteroatoms. The molecule has 0 spiro atoms. The zero-order valence-corrected chi connectivity index (χ0v) is 15.8. The molecule has 27 heavy (non-hydrogen) atoms. The van der Waals surface area contributed by atoms with E-state index in [-0.39, 0.29) is 5.63 Å². The van der Waals surface area contributed by atoms with Crippen molar-refractivity contribution in [3.05, 3.63) is 64.0 Å². The van der Waals surface area contributed by atoms with Crippen LogP contribution in [0.5, 0.6) is 0 Å². The summed E-state index contributed by atoms with van der Waals surface area (Å²) in [6.45, 7) is 6.92. The molecule has 0 atom stereocenters. The molecule has 2 aromatic heterocycles. The Kier molecular flexibility index (Phi) is 4.61. The van der Waals surface area contributed by atoms with Crippen molar-refractivity contribution in [1.29, 1.82) is 0 Å². The molecule has 0 unspecified atom stereocenters. The number of rotatable bonds is 4. The lowest BCUT2D eigenvalue weighted by Gasteiger charge is -2.38. The van der Waals surface area contributed by atoms with Gasteiger partial charge in [0.15, 0.2) is 0 Å². The van der Waals surface area contributed by atoms with Crippen molar-refractivity contribution in [2.75, 3.05) is 13.1 Å². The van der Waals surface area contributed by atoms with E-state index in [4.69, 9.17) is 4.42 Å². The summed E-state index contributed by atoms with van der Waals surface area (Å²) >= 11 is 0. The maximum Gasteiger partial charge on any atom is 0.336 e. The summed E-state index contributed by atoms with van der Waals surface area (Å²) in [6, 6.07) is 5.64. The largest absolute Gasteiger partial charge is 0.423 e. The Bertz CT molecular complexity index is 999. The first kappa shape index (κ1) is 17.9. The third-order valence-electron chi connectivity index (χ3n) is 5.66. The highest BCUT2D eigenvalue weighted by Gasteiger charge is 2.32. The van der Waals surface area contributed by atoms with Crippen molar-refractivity contribution in [3.8, 4) is 0 Å². The molecule has 0 bridgehead atoms. The van der Waals surface area contributed by atoms with Gasteiger partial charge in [0.25, 0.3) is 0 Å². The smallest absolute Gasteiger partial charge is 0.336 e. The highest BCUT2D eigenvalue weighted by atomic mass is 16.4. The molecule has 6 nitrogen and oxygen atoms in total. The Balaban J connectivity index is 1.51. The van der Waals surface area contributed by atoms with E-state index in [9.17, 15) is 9.90 Å². The molecule has 4 rings (SSSR count). The summed E-state index contributed by atoms with van der Waals surface area (Å²) in [5, 5.41) is 11.9. The molecule has 3 aromatic rings. The van der Waals surface area contributed by atoms with Gasteiger partial charge in [-0.2, -0.15) is 0 Å². The Morgan fingerprint density at radius 1 is 1.19 bits per heavy atom. The van der Waals surface area contributed by atoms with Gasteiger partial charge in [-0.3, -0.25) is 4.90 Å². The van der Waals surface area contributed by atoms with E-state index in [2.05, 4.69) is 22.9 Å². The molecular weight excluding hydrogens is 342 g/mol. The number of hydrogen-bond donors (Lipinski definition) is 1. The number of benzene rings is 1. The Morgan fingerprint density at radius 3 is 2.63 bits per heavy atom. The Hall–Kier alpha value is -2.44. The van der Waals surface area contributed by atoms with E-state index in [0.717, 1.165) is 29.6 Å². The van der Waals surface area contributed by atoms with Crippen LogP contribution < -0.4 is 5.63 Å². The van der Waals surface area contributed by atoms with Crippen LogP contribution in [0.25, 0.3) is 11.0 Å². The summed E-state index contributed by atoms with van der Waals surface area (Å²) in [7, 11) is 0. The number of aromatic nitrogens is 2. The van der Waals surface area contributed by atoms with Crippen molar-refractivity contribution in [2.24, 2.45) is 0 Å². The van der Waals surface area contributed by atoms with Crippen molar-refractivity contribution < 1.29 is 9.52 Å². The monoisotopic (exact) mass is 367 g/mol. The first-order valence-corrected chi connectivity index (χ1v) is 9.36. The molecule has 1 aliphatic rings. The standard InChI is InChI=1S/C21H25N3O3/c1-15-9-18-17(11-20(25)27-19(18)10-16(15)2)12-23-6-3-21(26,4-7-23)13-24-8-5-22-14-24/h5,8-11,14,26H,3-4,6-7,12-13H2,1-2H3. The molecule has 1 saturated heterocycles. The van der Waals surface area contributed by atoms with Gasteiger partial charge >= 0.3 is 5.63 Å². The van der Waals surface area contributed by atoms with E-state index >= 15 is 0 Å². The number of imidazole rings is 1. The van der Waals surface area contributed by atoms with Crippen LogP contribution in [0.3, 0.4) is 0 Å². The maximum atomic E-state index is 12.0. The lowest BCUT2D eigenvalue weighted by Crippen LogP contribution is -2.46. The van der Waals surface area contributed by atoms with Crippen LogP contribution in [-0.2, 0) is 13.1 Å². The molecule has 142 valence electrons. The van der Waals surface area contributed by atoms with Gasteiger partial charge in [0.1, 0.15) is 5.58 Å². The predicted octanol–water partition coefficient (Wildman–Crippen LogP) is 2.63. The van der Waals surface area contributed by atoms with Gasteiger partial charge in [0.2, 0.25) is 0 Å². The second-order valence-corrected chi connectivity index (χ2v) is 7.76. The van der Waals surface area contributed by atoms with Crippen LogP contribution in [0.4, 0.5) is 0 Å². The van der Waals surface area contributed by atoms with Gasteiger partial charge < -0.3 is 14.1 Å². The number of nitrogens with zero attached hydrogens (tertiary/aromatic N) is 3. The fourth-order valence-electron chi connectivity index (χ4n) is 3.86. The van der Waals surface area contributed by atoms with Crippen LogP contribution in [-0.4, -0.2) is 38.2 Å². The minimum absolute atomic E-state index is 0.311. The second-order valence-electron chi connectivity index (χ2n) is 7.76. The van der Waals surface area contributed by atoms with Gasteiger partial charge in [0.05, 0.1) is 18.5 Å². The van der Waals surface area contributed by atoms with Crippen LogP contribution in [0.15, 0.2) is 46.1 Å². The Morgan fingerprint density at radius 2 is 1.93 bits per heavy atom. The van der Waals surface area contributed by atoms with Crippen molar-refractivity contribution in [1.82, 2.24) is 14.5 Å². The van der Waals surface area contributed by atoms with Crippen molar-refractivity contribution in [3.63, 3.8) is 0 Å². The zero-order valence-electron chi connectivity index (χ0n) is 15.8. The third-order valence-corrected chi connectivity index (χ3v) is 5.66. The van der Waals surface area contributed by atoms with E-state index in [0.29, 0.717) is 31.5 Å². The van der Waals surface area contributed by atoms with E-state index in [1.807, 2.05) is 23.8 Å². The summed E-state index contributed by atoms with van der Waals surface area (Å²) in [5.41, 5.74) is 2.92. The highest BCUT2D eigenvalue weighted by molar-refractivity contribution is 5.81. The van der Waals surface area contributed by atoms with E-state index in [1.54, 1.807) is 18.6 Å². The molecule has 1 aliphatic heterocycles. The summed E-state index contributed by atoms with van der Waals surface area (Å²) in [5.74, 6) is 0. The molecule has 1 aromatic carbocycles. The lowest BCUT2D eigenvalue weighted by atomic mass is 9.91. The van der Waals surface area contributed by atoms with Crippen molar-refractivity contribution in [2.45, 2.75) is 45.4 Å². The lowest BCUT2D eigenvalue weighted by molar-refractivity contribution is -0.0357. The van der Waals surface area contributed by atoms with E-state index < -0.39 is 5.60 Å². The van der Waals surface area contributed by atoms with Crippen molar-refractivity contribution >= 4 is 11.0 Å². The van der Waals surface area contributed by atoms with Crippen LogP contribution in [0.1, 0.15) is 29.5 Å². The number of piperidine rings is 1. The third kappa shape index (κ3) is 3.82. The van der Waals surface area contributed by atoms with Gasteiger partial charge in [-0.1, -0.05) is 0 Å². The molecule has 0 saturated carbocycles. The summed E-state index contributed by atoms with van der Waals surface area (Å²) in [4.78, 5) is 18.3. The molecule has 0 amide bonds. The van der Waals surface area contributed by atoms with Crippen LogP contribution in [0.2, 0.25) is 0 Å². The molecule has 0 aliphatic carbocycles. The van der Waals surface area contributed by atoms with Gasteiger partial charge in [-0.25, -0.2) is 9.78 Å². The first-order valence-electron chi connectivity index (χ1n) is 9.36. The molecule has 3 heterocycles. The molecular formula is C21H25N3O3. The minimum Gasteiger partial charge on any atom is -0.423 e. The SMILES string of the molecule is Cc1cc2oc(=O)cc(CN3CCC(O)(Cn4ccnc4)CC3)c2cc1C. The maximum absolute atomic E-state index is 12.0. The topological polar surface area (TPSA) is 71.5 Å². The quantitative estimate of drug-likeness (QED) is 0.718. The van der Waals surface area contributed by atoms with Crippen LogP contribution >= 0.6 is 0 Å². The predicted molar refractivity (Wildman–Crippen MR) is 104 cm³/mol. The van der Waals surface area contributed by atoms with Gasteiger partial charge in [-0.15, -0.1) is 0 Å². The van der Waals surface area contributed by atoms with Crippen LogP contribution in [0, 0.1) is 13.8 Å². The molecule has 0 radical (unpaired) electrons. The summed E-state index contributed by atoms with van der Waals surface area (Å²) < 4.78 is 7.32. The number of aliphatic hydroxyl groups is 1. The Labute approximate surface area is 158 Å².